The van der Waals surface area contributed by atoms with Crippen molar-refractivity contribution < 1.29 is 26.3 Å². The van der Waals surface area contributed by atoms with E-state index in [4.69, 9.17) is 0 Å². The monoisotopic (exact) mass is 254 g/mol. The van der Waals surface area contributed by atoms with Crippen LogP contribution in [0.15, 0.2) is 10.6 Å². The van der Waals surface area contributed by atoms with Crippen LogP contribution in [0.2, 0.25) is 0 Å². The maximum atomic E-state index is 12.3. The SMILES string of the molecule is FC1(F)C=C(Br)C(F)(F)C1(F)F. The quantitative estimate of drug-likeness (QED) is 0.583. The van der Waals surface area contributed by atoms with Crippen LogP contribution in [0.5, 0.6) is 0 Å². The molecule has 7 heteroatoms. The molecule has 1 aliphatic carbocycles. The molecule has 0 spiro atoms. The molecule has 0 bridgehead atoms. The predicted octanol–water partition coefficient (Wildman–Crippen LogP) is 3.18. The van der Waals surface area contributed by atoms with Gasteiger partial charge in [-0.1, -0.05) is 0 Å². The summed E-state index contributed by atoms with van der Waals surface area (Å²) in [4.78, 5) is 0. The van der Waals surface area contributed by atoms with Crippen molar-refractivity contribution in [1.82, 2.24) is 0 Å². The Bertz CT molecular complexity index is 242. The van der Waals surface area contributed by atoms with Gasteiger partial charge in [0.05, 0.1) is 4.48 Å². The van der Waals surface area contributed by atoms with E-state index in [0.29, 0.717) is 0 Å². The fourth-order valence-corrected chi connectivity index (χ4v) is 1.24. The zero-order chi connectivity index (χ0) is 9.78. The van der Waals surface area contributed by atoms with Crippen molar-refractivity contribution in [1.29, 1.82) is 0 Å². The topological polar surface area (TPSA) is 0 Å². The first-order valence-corrected chi connectivity index (χ1v) is 3.44. The molecule has 0 unspecified atom stereocenters. The van der Waals surface area contributed by atoms with E-state index in [1.165, 1.54) is 0 Å². The van der Waals surface area contributed by atoms with E-state index >= 15 is 0 Å². The minimum absolute atomic E-state index is 0.479. The highest BCUT2D eigenvalue weighted by Crippen LogP contribution is 2.56. The molecular formula is C5HBrF6. The van der Waals surface area contributed by atoms with Crippen LogP contribution in [0.3, 0.4) is 0 Å². The molecule has 0 nitrogen and oxygen atoms in total. The van der Waals surface area contributed by atoms with Gasteiger partial charge in [-0.3, -0.25) is 0 Å². The molecule has 0 radical (unpaired) electrons. The summed E-state index contributed by atoms with van der Waals surface area (Å²) in [6, 6.07) is 0. The van der Waals surface area contributed by atoms with Crippen molar-refractivity contribution >= 4 is 15.9 Å². The summed E-state index contributed by atoms with van der Waals surface area (Å²) in [5.41, 5.74) is 0. The predicted molar refractivity (Wildman–Crippen MR) is 31.9 cm³/mol. The first-order valence-electron chi connectivity index (χ1n) is 2.65. The summed E-state index contributed by atoms with van der Waals surface area (Å²) in [5, 5.41) is 0. The molecule has 0 amide bonds. The molecular weight excluding hydrogens is 254 g/mol. The van der Waals surface area contributed by atoms with Crippen molar-refractivity contribution in [2.75, 3.05) is 0 Å². The third kappa shape index (κ3) is 0.915. The molecule has 0 N–H and O–H groups in total. The number of halogens is 7. The van der Waals surface area contributed by atoms with E-state index in [0.717, 1.165) is 0 Å². The average molecular weight is 255 g/mol. The lowest BCUT2D eigenvalue weighted by Crippen LogP contribution is -2.47. The molecule has 0 saturated carbocycles. The minimum atomic E-state index is -5.35. The highest BCUT2D eigenvalue weighted by atomic mass is 79.9. The Morgan fingerprint density at radius 3 is 1.50 bits per heavy atom. The van der Waals surface area contributed by atoms with Gasteiger partial charge in [0.15, 0.2) is 0 Å². The summed E-state index contributed by atoms with van der Waals surface area (Å²) in [6.45, 7) is 0. The molecule has 0 saturated heterocycles. The van der Waals surface area contributed by atoms with Crippen LogP contribution in [0.25, 0.3) is 0 Å². The first kappa shape index (κ1) is 9.88. The van der Waals surface area contributed by atoms with Gasteiger partial charge in [0.25, 0.3) is 0 Å². The van der Waals surface area contributed by atoms with Gasteiger partial charge in [-0.25, -0.2) is 0 Å². The number of hydrogen-bond acceptors (Lipinski definition) is 0. The Balaban J connectivity index is 3.22. The van der Waals surface area contributed by atoms with Crippen LogP contribution in [0.1, 0.15) is 0 Å². The minimum Gasteiger partial charge on any atom is -0.195 e. The summed E-state index contributed by atoms with van der Waals surface area (Å²) in [7, 11) is 0. The Morgan fingerprint density at radius 2 is 1.42 bits per heavy atom. The zero-order valence-corrected chi connectivity index (χ0v) is 6.81. The summed E-state index contributed by atoms with van der Waals surface area (Å²) >= 11 is 1.96. The third-order valence-corrected chi connectivity index (χ3v) is 2.15. The molecule has 0 aliphatic heterocycles. The van der Waals surface area contributed by atoms with Crippen molar-refractivity contribution in [2.24, 2.45) is 0 Å². The van der Waals surface area contributed by atoms with Gasteiger partial charge >= 0.3 is 17.8 Å². The highest BCUT2D eigenvalue weighted by molar-refractivity contribution is 9.11. The van der Waals surface area contributed by atoms with Crippen LogP contribution in [0.4, 0.5) is 26.3 Å². The Labute approximate surface area is 71.4 Å². The first-order chi connectivity index (χ1) is 5.13. The molecule has 0 aromatic heterocycles. The number of rotatable bonds is 0. The van der Waals surface area contributed by atoms with Crippen molar-refractivity contribution in [3.63, 3.8) is 0 Å². The lowest BCUT2D eigenvalue weighted by atomic mass is 10.2. The number of allylic oxidation sites excluding steroid dienone is 2. The molecule has 1 rings (SSSR count). The van der Waals surface area contributed by atoms with Crippen molar-refractivity contribution in [2.45, 2.75) is 17.8 Å². The Hall–Kier alpha value is -0.200. The largest absolute Gasteiger partial charge is 0.380 e. The molecule has 1 aliphatic rings. The molecule has 0 aromatic rings. The molecule has 0 heterocycles. The van der Waals surface area contributed by atoms with Crippen LogP contribution in [0, 0.1) is 0 Å². The van der Waals surface area contributed by atoms with Crippen molar-refractivity contribution in [3.8, 4) is 0 Å². The number of alkyl halides is 6. The van der Waals surface area contributed by atoms with E-state index in [1.54, 1.807) is 0 Å². The normalized spacial score (nSPS) is 30.1. The fourth-order valence-electron chi connectivity index (χ4n) is 0.700. The molecule has 0 atom stereocenters. The van der Waals surface area contributed by atoms with Gasteiger partial charge in [0, 0.05) is 6.08 Å². The van der Waals surface area contributed by atoms with Gasteiger partial charge in [0.1, 0.15) is 0 Å². The maximum Gasteiger partial charge on any atom is 0.380 e. The van der Waals surface area contributed by atoms with E-state index in [-0.39, 0.29) is 0 Å². The lowest BCUT2D eigenvalue weighted by Gasteiger charge is -2.23. The Morgan fingerprint density at radius 1 is 1.00 bits per heavy atom. The average Bonchev–Trinajstić information content (AvgIpc) is 1.92. The summed E-state index contributed by atoms with van der Waals surface area (Å²) in [6.07, 6.45) is -0.479. The third-order valence-electron chi connectivity index (χ3n) is 1.42. The van der Waals surface area contributed by atoms with Gasteiger partial charge in [-0.05, 0) is 15.9 Å². The molecule has 0 aromatic carbocycles. The Kier molecular flexibility index (Phi) is 1.80. The van der Waals surface area contributed by atoms with Crippen LogP contribution < -0.4 is 0 Å². The molecule has 70 valence electrons. The standard InChI is InChI=1S/C5HBrF6/c6-2-1-3(7,8)5(11,12)4(2,9)10/h1H. The van der Waals surface area contributed by atoms with E-state index < -0.39 is 28.3 Å². The van der Waals surface area contributed by atoms with Gasteiger partial charge < -0.3 is 0 Å². The second kappa shape index (κ2) is 2.18. The molecule has 12 heavy (non-hydrogen) atoms. The smallest absolute Gasteiger partial charge is 0.195 e. The van der Waals surface area contributed by atoms with E-state index in [9.17, 15) is 26.3 Å². The molecule has 0 fully saturated rings. The highest BCUT2D eigenvalue weighted by Gasteiger charge is 2.76. The zero-order valence-electron chi connectivity index (χ0n) is 5.22. The maximum absolute atomic E-state index is 12.3. The second-order valence-corrected chi connectivity index (χ2v) is 3.12. The number of hydrogen-bond donors (Lipinski definition) is 0. The summed E-state index contributed by atoms with van der Waals surface area (Å²) in [5.74, 6) is -15.0. The van der Waals surface area contributed by atoms with E-state index in [1.807, 2.05) is 15.9 Å². The van der Waals surface area contributed by atoms with Crippen LogP contribution >= 0.6 is 15.9 Å². The second-order valence-electron chi connectivity index (χ2n) is 2.26. The lowest BCUT2D eigenvalue weighted by molar-refractivity contribution is -0.260. The van der Waals surface area contributed by atoms with Gasteiger partial charge in [0.2, 0.25) is 0 Å². The van der Waals surface area contributed by atoms with Crippen molar-refractivity contribution in [3.05, 3.63) is 10.6 Å². The van der Waals surface area contributed by atoms with E-state index in [2.05, 4.69) is 0 Å². The fraction of sp³-hybridized carbons (Fsp3) is 0.600. The van der Waals surface area contributed by atoms with Crippen LogP contribution in [-0.2, 0) is 0 Å². The summed E-state index contributed by atoms with van der Waals surface area (Å²) < 4.78 is 71.7. The van der Waals surface area contributed by atoms with Gasteiger partial charge in [-0.15, -0.1) is 0 Å². The van der Waals surface area contributed by atoms with Crippen LogP contribution in [-0.4, -0.2) is 17.8 Å². The van der Waals surface area contributed by atoms with Gasteiger partial charge in [-0.2, -0.15) is 26.3 Å².